The number of ether oxygens (including phenoxy) is 4. The fourth-order valence-corrected chi connectivity index (χ4v) is 5.39. The average molecular weight is 476 g/mol. The normalized spacial score (nSPS) is 21.7. The maximum Gasteiger partial charge on any atom is 0.343 e. The van der Waals surface area contributed by atoms with Gasteiger partial charge in [-0.15, -0.1) is 0 Å². The number of carbonyl (C=O) groups excluding carboxylic acids is 1. The fraction of sp³-hybridized carbons (Fsp3) is 0.522. The number of esters is 1. The topological polar surface area (TPSA) is 104 Å². The number of methoxy groups -OCH3 is 2. The minimum absolute atomic E-state index is 0.0975. The summed E-state index contributed by atoms with van der Waals surface area (Å²) < 4.78 is 23.4. The molecule has 0 amide bonds. The first-order valence-corrected chi connectivity index (χ1v) is 11.7. The Bertz CT molecular complexity index is 1140. The lowest BCUT2D eigenvalue weighted by molar-refractivity contribution is -0.142. The molecule has 2 atom stereocenters. The second-order valence-electron chi connectivity index (χ2n) is 8.71. The summed E-state index contributed by atoms with van der Waals surface area (Å²) in [7, 11) is 2.84. The molecule has 1 aromatic carbocycles. The second kappa shape index (κ2) is 9.26. The molecule has 4 rings (SSSR count). The van der Waals surface area contributed by atoms with Gasteiger partial charge in [-0.2, -0.15) is 0 Å². The first-order valence-electron chi connectivity index (χ1n) is 10.8. The number of nitrogens with zero attached hydrogens (tertiary/aromatic N) is 2. The van der Waals surface area contributed by atoms with E-state index in [2.05, 4.69) is 23.7 Å². The largest absolute Gasteiger partial charge is 0.493 e. The van der Waals surface area contributed by atoms with Crippen LogP contribution in [-0.2, 0) is 14.3 Å². The summed E-state index contributed by atoms with van der Waals surface area (Å²) in [5.74, 6) is 1.07. The summed E-state index contributed by atoms with van der Waals surface area (Å²) in [6.45, 7) is 6.46. The molecule has 2 unspecified atom stereocenters. The maximum absolute atomic E-state index is 13.1. The highest BCUT2D eigenvalue weighted by atomic mass is 32.2. The van der Waals surface area contributed by atoms with Gasteiger partial charge in [0, 0.05) is 6.61 Å². The van der Waals surface area contributed by atoms with Crippen LogP contribution >= 0.6 is 11.8 Å². The molecule has 33 heavy (non-hydrogen) atoms. The van der Waals surface area contributed by atoms with Crippen molar-refractivity contribution in [2.75, 3.05) is 27.4 Å². The predicted octanol–water partition coefficient (Wildman–Crippen LogP) is 3.75. The number of benzene rings is 1. The summed E-state index contributed by atoms with van der Waals surface area (Å²) in [6, 6.07) is 5.57. The first-order chi connectivity index (χ1) is 15.7. The van der Waals surface area contributed by atoms with Crippen LogP contribution in [0.5, 0.6) is 11.5 Å². The summed E-state index contributed by atoms with van der Waals surface area (Å²) >= 11 is 1.51. The molecule has 2 aliphatic heterocycles. The number of hydrogen-bond acceptors (Lipinski definition) is 8. The highest BCUT2D eigenvalue weighted by Gasteiger charge is 2.36. The van der Waals surface area contributed by atoms with Crippen LogP contribution in [0.15, 0.2) is 28.0 Å². The molecule has 0 bridgehead atoms. The zero-order valence-electron chi connectivity index (χ0n) is 19.5. The number of hydrogen-bond donors (Lipinski definition) is 1. The number of aromatic amines is 1. The number of nitrogens with one attached hydrogen (secondary N) is 1. The van der Waals surface area contributed by atoms with Gasteiger partial charge < -0.3 is 18.9 Å². The van der Waals surface area contributed by atoms with Crippen molar-refractivity contribution < 1.29 is 23.7 Å². The predicted molar refractivity (Wildman–Crippen MR) is 126 cm³/mol. The molecule has 1 aromatic heterocycles. The molecule has 0 spiro atoms. The number of aromatic nitrogens is 2. The molecule has 10 heteroatoms. The van der Waals surface area contributed by atoms with Crippen LogP contribution in [0.2, 0.25) is 0 Å². The molecule has 2 aromatic rings. The third-order valence-corrected chi connectivity index (χ3v) is 7.03. The lowest BCUT2D eigenvalue weighted by atomic mass is 9.94. The van der Waals surface area contributed by atoms with Crippen molar-refractivity contribution in [2.45, 2.75) is 50.5 Å². The SMILES string of the molecule is COC(=O)COc1cc(C2SC(C)=Nc3c2c(=O)[nH]n3C2CCOC(C)(C)C2)ccc1OC. The number of carbonyl (C=O) groups is 1. The molecule has 1 fully saturated rings. The summed E-state index contributed by atoms with van der Waals surface area (Å²) in [6.07, 6.45) is 1.59. The van der Waals surface area contributed by atoms with E-state index in [-0.39, 0.29) is 29.1 Å². The monoisotopic (exact) mass is 475 g/mol. The van der Waals surface area contributed by atoms with Crippen LogP contribution in [-0.4, -0.2) is 53.8 Å². The van der Waals surface area contributed by atoms with Crippen LogP contribution in [0.3, 0.4) is 0 Å². The fourth-order valence-electron chi connectivity index (χ4n) is 4.29. The lowest BCUT2D eigenvalue weighted by Gasteiger charge is -2.36. The van der Waals surface area contributed by atoms with E-state index >= 15 is 0 Å². The van der Waals surface area contributed by atoms with E-state index in [1.807, 2.05) is 17.7 Å². The van der Waals surface area contributed by atoms with Crippen LogP contribution < -0.4 is 15.0 Å². The second-order valence-corrected chi connectivity index (χ2v) is 10.0. The molecule has 0 aliphatic carbocycles. The van der Waals surface area contributed by atoms with E-state index in [4.69, 9.17) is 19.2 Å². The molecule has 178 valence electrons. The summed E-state index contributed by atoms with van der Waals surface area (Å²) in [5, 5.41) is 3.62. The molecule has 1 saturated heterocycles. The summed E-state index contributed by atoms with van der Waals surface area (Å²) in [4.78, 5) is 29.4. The van der Waals surface area contributed by atoms with Gasteiger partial charge >= 0.3 is 5.97 Å². The minimum Gasteiger partial charge on any atom is -0.493 e. The molecular formula is C23H29N3O6S. The van der Waals surface area contributed by atoms with Gasteiger partial charge in [-0.3, -0.25) is 14.6 Å². The Morgan fingerprint density at radius 3 is 2.82 bits per heavy atom. The van der Waals surface area contributed by atoms with Crippen molar-refractivity contribution in [3.8, 4) is 11.5 Å². The number of H-pyrrole nitrogens is 1. The van der Waals surface area contributed by atoms with E-state index in [0.717, 1.165) is 23.4 Å². The van der Waals surface area contributed by atoms with E-state index in [0.29, 0.717) is 29.5 Å². The standard InChI is InChI=1S/C23H29N3O6S/c1-13-24-21-19(22(28)25-26(21)15-8-9-32-23(2,3)11-15)20(33-13)14-6-7-16(29-4)17(10-14)31-12-18(27)30-5/h6-7,10,15,20H,8-9,11-12H2,1-5H3,(H,25,28). The molecular weight excluding hydrogens is 446 g/mol. The van der Waals surface area contributed by atoms with Gasteiger partial charge in [0.05, 0.1) is 41.7 Å². The summed E-state index contributed by atoms with van der Waals surface area (Å²) in [5.41, 5.74) is 1.04. The number of rotatable bonds is 6. The lowest BCUT2D eigenvalue weighted by Crippen LogP contribution is -2.35. The Hall–Kier alpha value is -2.72. The van der Waals surface area contributed by atoms with Gasteiger partial charge in [0.15, 0.2) is 23.9 Å². The van der Waals surface area contributed by atoms with Crippen LogP contribution in [0, 0.1) is 0 Å². The van der Waals surface area contributed by atoms with Gasteiger partial charge in [0.1, 0.15) is 0 Å². The van der Waals surface area contributed by atoms with E-state index in [9.17, 15) is 9.59 Å². The van der Waals surface area contributed by atoms with Gasteiger partial charge in [0.25, 0.3) is 5.56 Å². The van der Waals surface area contributed by atoms with Crippen LogP contribution in [0.4, 0.5) is 5.82 Å². The van der Waals surface area contributed by atoms with Crippen molar-refractivity contribution in [3.05, 3.63) is 39.7 Å². The Labute approximate surface area is 196 Å². The Morgan fingerprint density at radius 2 is 2.12 bits per heavy atom. The molecule has 0 radical (unpaired) electrons. The number of aliphatic imine (C=N–C) groups is 1. The van der Waals surface area contributed by atoms with Crippen molar-refractivity contribution in [2.24, 2.45) is 4.99 Å². The highest BCUT2D eigenvalue weighted by molar-refractivity contribution is 8.14. The molecule has 3 heterocycles. The molecule has 9 nitrogen and oxygen atoms in total. The molecule has 0 saturated carbocycles. The minimum atomic E-state index is -0.493. The quantitative estimate of drug-likeness (QED) is 0.635. The Kier molecular flexibility index (Phi) is 6.58. The van der Waals surface area contributed by atoms with Gasteiger partial charge in [-0.05, 0) is 51.3 Å². The Morgan fingerprint density at radius 1 is 1.33 bits per heavy atom. The van der Waals surface area contributed by atoms with Crippen molar-refractivity contribution >= 4 is 28.6 Å². The highest BCUT2D eigenvalue weighted by Crippen LogP contribution is 2.46. The van der Waals surface area contributed by atoms with Crippen molar-refractivity contribution in [1.82, 2.24) is 9.78 Å². The van der Waals surface area contributed by atoms with Gasteiger partial charge in [-0.1, -0.05) is 17.8 Å². The number of thioether (sulfide) groups is 1. The van der Waals surface area contributed by atoms with Crippen molar-refractivity contribution in [3.63, 3.8) is 0 Å². The van der Waals surface area contributed by atoms with E-state index in [1.54, 1.807) is 12.1 Å². The van der Waals surface area contributed by atoms with Gasteiger partial charge in [-0.25, -0.2) is 9.79 Å². The van der Waals surface area contributed by atoms with E-state index in [1.165, 1.54) is 26.0 Å². The number of fused-ring (bicyclic) bond motifs is 1. The van der Waals surface area contributed by atoms with Crippen LogP contribution in [0.25, 0.3) is 0 Å². The molecule has 1 N–H and O–H groups in total. The van der Waals surface area contributed by atoms with Crippen molar-refractivity contribution in [1.29, 1.82) is 0 Å². The maximum atomic E-state index is 13.1. The zero-order valence-corrected chi connectivity index (χ0v) is 20.3. The van der Waals surface area contributed by atoms with E-state index < -0.39 is 5.97 Å². The first kappa shape index (κ1) is 23.4. The molecule has 2 aliphatic rings. The Balaban J connectivity index is 1.72. The average Bonchev–Trinajstić information content (AvgIpc) is 3.12. The smallest absolute Gasteiger partial charge is 0.343 e. The van der Waals surface area contributed by atoms with Crippen LogP contribution in [0.1, 0.15) is 56.0 Å². The third-order valence-electron chi connectivity index (χ3n) is 5.85. The van der Waals surface area contributed by atoms with Gasteiger partial charge in [0.2, 0.25) is 0 Å². The third kappa shape index (κ3) is 4.81. The zero-order chi connectivity index (χ0) is 23.8.